The van der Waals surface area contributed by atoms with Crippen LogP contribution in [0.1, 0.15) is 25.3 Å². The molecular weight excluding hydrogens is 365 g/mol. The molecule has 1 N–H and O–H groups in total. The standard InChI is InChI=1S/C23H26FN5/c1-17(2)20-5-3-4-6-21(20)26-22-11-12-25-23(27-22)29-15-13-28(14-16-29)19-9-7-18(24)8-10-19/h3-12,17H,13-16H2,1-2H3,(H,25,26,27). The van der Waals surface area contributed by atoms with Crippen molar-refractivity contribution in [3.05, 3.63) is 72.2 Å². The summed E-state index contributed by atoms with van der Waals surface area (Å²) in [5.74, 6) is 1.75. The molecule has 1 fully saturated rings. The molecule has 2 aromatic carbocycles. The Hall–Kier alpha value is -3.15. The minimum Gasteiger partial charge on any atom is -0.368 e. The van der Waals surface area contributed by atoms with E-state index in [9.17, 15) is 4.39 Å². The molecule has 29 heavy (non-hydrogen) atoms. The number of piperazine rings is 1. The molecule has 1 aliphatic heterocycles. The zero-order chi connectivity index (χ0) is 20.2. The third-order valence-electron chi connectivity index (χ3n) is 5.24. The van der Waals surface area contributed by atoms with Crippen molar-refractivity contribution in [1.82, 2.24) is 9.97 Å². The van der Waals surface area contributed by atoms with E-state index >= 15 is 0 Å². The van der Waals surface area contributed by atoms with Gasteiger partial charge >= 0.3 is 0 Å². The minimum atomic E-state index is -0.204. The zero-order valence-electron chi connectivity index (χ0n) is 16.8. The molecular formula is C23H26FN5. The maximum Gasteiger partial charge on any atom is 0.227 e. The van der Waals surface area contributed by atoms with E-state index in [1.165, 1.54) is 17.7 Å². The van der Waals surface area contributed by atoms with Gasteiger partial charge in [0.15, 0.2) is 0 Å². The van der Waals surface area contributed by atoms with Crippen LogP contribution in [0.3, 0.4) is 0 Å². The van der Waals surface area contributed by atoms with Crippen LogP contribution < -0.4 is 15.1 Å². The Morgan fingerprint density at radius 3 is 2.31 bits per heavy atom. The Morgan fingerprint density at radius 1 is 0.897 bits per heavy atom. The number of hydrogen-bond acceptors (Lipinski definition) is 5. The van der Waals surface area contributed by atoms with Crippen LogP contribution >= 0.6 is 0 Å². The van der Waals surface area contributed by atoms with Crippen LogP contribution in [0.5, 0.6) is 0 Å². The zero-order valence-corrected chi connectivity index (χ0v) is 16.8. The maximum absolute atomic E-state index is 13.2. The molecule has 6 heteroatoms. The van der Waals surface area contributed by atoms with Crippen molar-refractivity contribution in [3.8, 4) is 0 Å². The smallest absolute Gasteiger partial charge is 0.227 e. The number of benzene rings is 2. The van der Waals surface area contributed by atoms with Crippen LogP contribution in [-0.4, -0.2) is 36.1 Å². The van der Waals surface area contributed by atoms with E-state index in [1.54, 1.807) is 6.20 Å². The monoisotopic (exact) mass is 391 g/mol. The highest BCUT2D eigenvalue weighted by Gasteiger charge is 2.19. The average molecular weight is 391 g/mol. The molecule has 0 atom stereocenters. The van der Waals surface area contributed by atoms with Gasteiger partial charge in [0.25, 0.3) is 0 Å². The van der Waals surface area contributed by atoms with E-state index in [0.29, 0.717) is 5.92 Å². The lowest BCUT2D eigenvalue weighted by molar-refractivity contribution is 0.623. The molecule has 2 heterocycles. The van der Waals surface area contributed by atoms with Crippen LogP contribution in [0, 0.1) is 5.82 Å². The van der Waals surface area contributed by atoms with Gasteiger partial charge in [0.2, 0.25) is 5.95 Å². The Labute approximate surface area is 171 Å². The number of para-hydroxylation sites is 1. The van der Waals surface area contributed by atoms with Crippen LogP contribution in [0.25, 0.3) is 0 Å². The van der Waals surface area contributed by atoms with Gasteiger partial charge in [-0.1, -0.05) is 32.0 Å². The normalized spacial score (nSPS) is 14.3. The summed E-state index contributed by atoms with van der Waals surface area (Å²) >= 11 is 0. The van der Waals surface area contributed by atoms with Gasteiger partial charge in [-0.2, -0.15) is 4.98 Å². The topological polar surface area (TPSA) is 44.3 Å². The first-order chi connectivity index (χ1) is 14.1. The van der Waals surface area contributed by atoms with Crippen LogP contribution in [0.2, 0.25) is 0 Å². The predicted octanol–water partition coefficient (Wildman–Crippen LogP) is 4.81. The minimum absolute atomic E-state index is 0.204. The Kier molecular flexibility index (Phi) is 5.60. The molecule has 1 saturated heterocycles. The van der Waals surface area contributed by atoms with E-state index in [0.717, 1.165) is 49.3 Å². The van der Waals surface area contributed by atoms with Gasteiger partial charge in [0, 0.05) is 43.8 Å². The van der Waals surface area contributed by atoms with Crippen molar-refractivity contribution in [3.63, 3.8) is 0 Å². The summed E-state index contributed by atoms with van der Waals surface area (Å²) in [6.45, 7) is 7.72. The van der Waals surface area contributed by atoms with E-state index < -0.39 is 0 Å². The van der Waals surface area contributed by atoms with Crippen LogP contribution in [0.15, 0.2) is 60.8 Å². The molecule has 0 radical (unpaired) electrons. The number of halogens is 1. The largest absolute Gasteiger partial charge is 0.368 e. The van der Waals surface area contributed by atoms with E-state index in [2.05, 4.69) is 52.1 Å². The van der Waals surface area contributed by atoms with Crippen molar-refractivity contribution in [1.29, 1.82) is 0 Å². The maximum atomic E-state index is 13.2. The second-order valence-corrected chi connectivity index (χ2v) is 7.56. The fraction of sp³-hybridized carbons (Fsp3) is 0.304. The first kappa shape index (κ1) is 19.2. The molecule has 0 aliphatic carbocycles. The predicted molar refractivity (Wildman–Crippen MR) is 117 cm³/mol. The molecule has 0 bridgehead atoms. The van der Waals surface area contributed by atoms with Gasteiger partial charge in [0.05, 0.1) is 0 Å². The second-order valence-electron chi connectivity index (χ2n) is 7.56. The van der Waals surface area contributed by atoms with Gasteiger partial charge in [-0.25, -0.2) is 9.37 Å². The first-order valence-corrected chi connectivity index (χ1v) is 10.0. The third-order valence-corrected chi connectivity index (χ3v) is 5.24. The molecule has 1 aliphatic rings. The summed E-state index contributed by atoms with van der Waals surface area (Å²) < 4.78 is 13.2. The van der Waals surface area contributed by atoms with E-state index in [1.807, 2.05) is 24.3 Å². The lowest BCUT2D eigenvalue weighted by Crippen LogP contribution is -2.47. The number of nitrogens with one attached hydrogen (secondary N) is 1. The summed E-state index contributed by atoms with van der Waals surface area (Å²) in [6, 6.07) is 16.9. The van der Waals surface area contributed by atoms with Crippen LogP contribution in [0.4, 0.5) is 27.5 Å². The summed E-state index contributed by atoms with van der Waals surface area (Å²) in [5.41, 5.74) is 3.39. The van der Waals surface area contributed by atoms with Crippen molar-refractivity contribution in [2.24, 2.45) is 0 Å². The van der Waals surface area contributed by atoms with Crippen molar-refractivity contribution >= 4 is 23.1 Å². The lowest BCUT2D eigenvalue weighted by Gasteiger charge is -2.36. The second kappa shape index (κ2) is 8.47. The molecule has 0 spiro atoms. The molecule has 150 valence electrons. The number of rotatable bonds is 5. The average Bonchev–Trinajstić information content (AvgIpc) is 2.75. The van der Waals surface area contributed by atoms with Gasteiger partial charge in [0.1, 0.15) is 11.6 Å². The summed E-state index contributed by atoms with van der Waals surface area (Å²) in [5, 5.41) is 3.45. The first-order valence-electron chi connectivity index (χ1n) is 10.0. The SMILES string of the molecule is CC(C)c1ccccc1Nc1ccnc(N2CCN(c3ccc(F)cc3)CC2)n1. The molecule has 4 rings (SSSR count). The number of hydrogen-bond donors (Lipinski definition) is 1. The van der Waals surface area contributed by atoms with E-state index in [-0.39, 0.29) is 5.82 Å². The molecule has 0 saturated carbocycles. The summed E-state index contributed by atoms with van der Waals surface area (Å²) in [6.07, 6.45) is 1.80. The fourth-order valence-electron chi connectivity index (χ4n) is 3.64. The highest BCUT2D eigenvalue weighted by molar-refractivity contribution is 5.62. The fourth-order valence-corrected chi connectivity index (χ4v) is 3.64. The third kappa shape index (κ3) is 4.47. The quantitative estimate of drug-likeness (QED) is 0.676. The molecule has 0 amide bonds. The highest BCUT2D eigenvalue weighted by atomic mass is 19.1. The molecule has 1 aromatic heterocycles. The van der Waals surface area contributed by atoms with Gasteiger partial charge in [-0.15, -0.1) is 0 Å². The number of aromatic nitrogens is 2. The van der Waals surface area contributed by atoms with Crippen LogP contribution in [-0.2, 0) is 0 Å². The van der Waals surface area contributed by atoms with Crippen molar-refractivity contribution in [2.75, 3.05) is 41.3 Å². The van der Waals surface area contributed by atoms with Gasteiger partial charge in [-0.3, -0.25) is 0 Å². The molecule has 5 nitrogen and oxygen atoms in total. The Balaban J connectivity index is 1.44. The number of anilines is 4. The molecule has 0 unspecified atom stereocenters. The molecule has 3 aromatic rings. The Bertz CT molecular complexity index is 949. The van der Waals surface area contributed by atoms with Crippen molar-refractivity contribution < 1.29 is 4.39 Å². The number of nitrogens with zero attached hydrogens (tertiary/aromatic N) is 4. The van der Waals surface area contributed by atoms with Gasteiger partial charge in [-0.05, 0) is 47.9 Å². The highest BCUT2D eigenvalue weighted by Crippen LogP contribution is 2.27. The van der Waals surface area contributed by atoms with Gasteiger partial charge < -0.3 is 15.1 Å². The summed E-state index contributed by atoms with van der Waals surface area (Å²) in [7, 11) is 0. The summed E-state index contributed by atoms with van der Waals surface area (Å²) in [4.78, 5) is 13.7. The lowest BCUT2D eigenvalue weighted by atomic mass is 10.0. The van der Waals surface area contributed by atoms with E-state index in [4.69, 9.17) is 4.98 Å². The van der Waals surface area contributed by atoms with Crippen molar-refractivity contribution in [2.45, 2.75) is 19.8 Å². The Morgan fingerprint density at radius 2 is 1.59 bits per heavy atom.